The standard InChI is InChI=1S/C13H14FNO4/c1-8(16)15-10-6-9(4-3-5-12(17)18)13(19-2)11(14)7-10/h3-4,6-7H,5H2,1-2H3,(H,15,16)(H,17,18)/b4-3+. The quantitative estimate of drug-likeness (QED) is 0.858. The van der Waals surface area contributed by atoms with Gasteiger partial charge in [0.25, 0.3) is 0 Å². The van der Waals surface area contributed by atoms with Crippen LogP contribution in [0, 0.1) is 5.82 Å². The Morgan fingerprint density at radius 3 is 2.68 bits per heavy atom. The normalized spacial score (nSPS) is 10.5. The lowest BCUT2D eigenvalue weighted by atomic mass is 10.1. The molecule has 0 unspecified atom stereocenters. The summed E-state index contributed by atoms with van der Waals surface area (Å²) in [5, 5.41) is 11.0. The summed E-state index contributed by atoms with van der Waals surface area (Å²) in [6.07, 6.45) is 2.62. The molecule has 0 spiro atoms. The van der Waals surface area contributed by atoms with Crippen molar-refractivity contribution in [3.05, 3.63) is 29.6 Å². The van der Waals surface area contributed by atoms with Gasteiger partial charge in [0.15, 0.2) is 11.6 Å². The van der Waals surface area contributed by atoms with E-state index in [9.17, 15) is 14.0 Å². The Hall–Kier alpha value is -2.37. The zero-order valence-corrected chi connectivity index (χ0v) is 10.6. The molecule has 1 rings (SSSR count). The first kappa shape index (κ1) is 14.7. The van der Waals surface area contributed by atoms with Gasteiger partial charge in [-0.05, 0) is 6.07 Å². The number of benzene rings is 1. The first-order valence-electron chi connectivity index (χ1n) is 5.47. The Bertz CT molecular complexity index is 526. The SMILES string of the molecule is COc1c(F)cc(NC(C)=O)cc1/C=C/CC(=O)O. The predicted molar refractivity (Wildman–Crippen MR) is 68.5 cm³/mol. The van der Waals surface area contributed by atoms with Gasteiger partial charge in [0, 0.05) is 24.2 Å². The Morgan fingerprint density at radius 1 is 1.47 bits per heavy atom. The van der Waals surface area contributed by atoms with E-state index in [-0.39, 0.29) is 23.8 Å². The van der Waals surface area contributed by atoms with E-state index < -0.39 is 11.8 Å². The van der Waals surface area contributed by atoms with E-state index in [1.807, 2.05) is 0 Å². The second kappa shape index (κ2) is 6.53. The summed E-state index contributed by atoms with van der Waals surface area (Å²) >= 11 is 0. The van der Waals surface area contributed by atoms with Crippen LogP contribution in [0.2, 0.25) is 0 Å². The van der Waals surface area contributed by atoms with Crippen molar-refractivity contribution in [2.24, 2.45) is 0 Å². The smallest absolute Gasteiger partial charge is 0.307 e. The minimum absolute atomic E-state index is 0.00394. The number of hydrogen-bond acceptors (Lipinski definition) is 3. The Kier molecular flexibility index (Phi) is 5.05. The fraction of sp³-hybridized carbons (Fsp3) is 0.231. The maximum atomic E-state index is 13.7. The molecule has 1 aromatic carbocycles. The van der Waals surface area contributed by atoms with Gasteiger partial charge >= 0.3 is 5.97 Å². The molecule has 6 heteroatoms. The molecule has 5 nitrogen and oxygen atoms in total. The highest BCUT2D eigenvalue weighted by atomic mass is 19.1. The first-order valence-corrected chi connectivity index (χ1v) is 5.47. The number of carbonyl (C=O) groups is 2. The van der Waals surface area contributed by atoms with Crippen LogP contribution in [0.15, 0.2) is 18.2 Å². The molecule has 0 radical (unpaired) electrons. The number of nitrogens with one attached hydrogen (secondary N) is 1. The number of aliphatic carboxylic acids is 1. The fourth-order valence-electron chi connectivity index (χ4n) is 1.52. The molecule has 0 aromatic heterocycles. The third kappa shape index (κ3) is 4.42. The summed E-state index contributed by atoms with van der Waals surface area (Å²) in [5.74, 6) is -1.96. The summed E-state index contributed by atoms with van der Waals surface area (Å²) in [6, 6.07) is 2.64. The molecular formula is C13H14FNO4. The molecule has 19 heavy (non-hydrogen) atoms. The molecular weight excluding hydrogens is 253 g/mol. The summed E-state index contributed by atoms with van der Waals surface area (Å²) in [4.78, 5) is 21.3. The van der Waals surface area contributed by atoms with Crippen LogP contribution >= 0.6 is 0 Å². The number of ether oxygens (including phenoxy) is 1. The zero-order valence-electron chi connectivity index (χ0n) is 10.6. The lowest BCUT2D eigenvalue weighted by Gasteiger charge is -2.09. The molecule has 102 valence electrons. The van der Waals surface area contributed by atoms with E-state index >= 15 is 0 Å². The summed E-state index contributed by atoms with van der Waals surface area (Å²) in [5.41, 5.74) is 0.633. The van der Waals surface area contributed by atoms with Crippen molar-refractivity contribution < 1.29 is 23.8 Å². The van der Waals surface area contributed by atoms with Crippen LogP contribution in [-0.4, -0.2) is 24.1 Å². The Balaban J connectivity index is 3.10. The van der Waals surface area contributed by atoms with Crippen molar-refractivity contribution in [3.8, 4) is 5.75 Å². The Morgan fingerprint density at radius 2 is 2.16 bits per heavy atom. The highest BCUT2D eigenvalue weighted by Gasteiger charge is 2.10. The van der Waals surface area contributed by atoms with Gasteiger partial charge in [0.2, 0.25) is 5.91 Å². The van der Waals surface area contributed by atoms with Gasteiger partial charge in [0.05, 0.1) is 13.5 Å². The van der Waals surface area contributed by atoms with Crippen molar-refractivity contribution >= 4 is 23.6 Å². The van der Waals surface area contributed by atoms with Crippen molar-refractivity contribution in [1.29, 1.82) is 0 Å². The van der Waals surface area contributed by atoms with Crippen LogP contribution in [-0.2, 0) is 9.59 Å². The van der Waals surface area contributed by atoms with Gasteiger partial charge in [-0.1, -0.05) is 12.2 Å². The van der Waals surface area contributed by atoms with Crippen LogP contribution in [0.4, 0.5) is 10.1 Å². The second-order valence-electron chi connectivity index (χ2n) is 3.76. The minimum Gasteiger partial charge on any atom is -0.493 e. The average molecular weight is 267 g/mol. The van der Waals surface area contributed by atoms with Crippen LogP contribution in [0.25, 0.3) is 6.08 Å². The third-order valence-corrected chi connectivity index (χ3v) is 2.19. The van der Waals surface area contributed by atoms with Gasteiger partial charge in [-0.3, -0.25) is 9.59 Å². The zero-order chi connectivity index (χ0) is 14.4. The second-order valence-corrected chi connectivity index (χ2v) is 3.76. The summed E-state index contributed by atoms with van der Waals surface area (Å²) < 4.78 is 18.6. The van der Waals surface area contributed by atoms with Gasteiger partial charge in [-0.2, -0.15) is 0 Å². The maximum Gasteiger partial charge on any atom is 0.307 e. The molecule has 0 saturated heterocycles. The number of rotatable bonds is 5. The largest absolute Gasteiger partial charge is 0.493 e. The first-order chi connectivity index (χ1) is 8.93. The Labute approximate surface area is 109 Å². The highest BCUT2D eigenvalue weighted by molar-refractivity contribution is 5.89. The van der Waals surface area contributed by atoms with Crippen molar-refractivity contribution in [1.82, 2.24) is 0 Å². The lowest BCUT2D eigenvalue weighted by Crippen LogP contribution is -2.06. The van der Waals surface area contributed by atoms with E-state index in [0.29, 0.717) is 5.56 Å². The third-order valence-electron chi connectivity index (χ3n) is 2.19. The number of carbonyl (C=O) groups excluding carboxylic acids is 1. The molecule has 0 atom stereocenters. The van der Waals surface area contributed by atoms with Crippen molar-refractivity contribution in [2.45, 2.75) is 13.3 Å². The van der Waals surface area contributed by atoms with Crippen LogP contribution in [0.3, 0.4) is 0 Å². The summed E-state index contributed by atoms with van der Waals surface area (Å²) in [7, 11) is 1.31. The van der Waals surface area contributed by atoms with Gasteiger partial charge in [-0.25, -0.2) is 4.39 Å². The lowest BCUT2D eigenvalue weighted by molar-refractivity contribution is -0.136. The van der Waals surface area contributed by atoms with Gasteiger partial charge in [-0.15, -0.1) is 0 Å². The van der Waals surface area contributed by atoms with E-state index in [4.69, 9.17) is 9.84 Å². The minimum atomic E-state index is -0.992. The number of halogens is 1. The van der Waals surface area contributed by atoms with E-state index in [1.54, 1.807) is 0 Å². The van der Waals surface area contributed by atoms with Crippen LogP contribution in [0.5, 0.6) is 5.75 Å². The number of anilines is 1. The molecule has 0 fully saturated rings. The summed E-state index contributed by atoms with van der Waals surface area (Å²) in [6.45, 7) is 1.31. The van der Waals surface area contributed by atoms with Gasteiger partial charge in [0.1, 0.15) is 0 Å². The monoisotopic (exact) mass is 267 g/mol. The molecule has 0 aliphatic heterocycles. The van der Waals surface area contributed by atoms with Crippen molar-refractivity contribution in [2.75, 3.05) is 12.4 Å². The predicted octanol–water partition coefficient (Wildman–Crippen LogP) is 2.28. The van der Waals surface area contributed by atoms with E-state index in [2.05, 4.69) is 5.32 Å². The fourth-order valence-corrected chi connectivity index (χ4v) is 1.52. The molecule has 1 amide bonds. The van der Waals surface area contributed by atoms with E-state index in [0.717, 1.165) is 6.07 Å². The maximum absolute atomic E-state index is 13.7. The molecule has 0 bridgehead atoms. The highest BCUT2D eigenvalue weighted by Crippen LogP contribution is 2.28. The molecule has 1 aromatic rings. The molecule has 0 saturated carbocycles. The molecule has 0 heterocycles. The molecule has 2 N–H and O–H groups in total. The molecule has 0 aliphatic rings. The van der Waals surface area contributed by atoms with Crippen molar-refractivity contribution in [3.63, 3.8) is 0 Å². The number of carboxylic acid groups (broad SMARTS) is 1. The number of methoxy groups -OCH3 is 1. The molecule has 0 aliphatic carbocycles. The number of amides is 1. The van der Waals surface area contributed by atoms with Gasteiger partial charge < -0.3 is 15.2 Å². The van der Waals surface area contributed by atoms with Crippen LogP contribution < -0.4 is 10.1 Å². The number of carboxylic acids is 1. The van der Waals surface area contributed by atoms with E-state index in [1.165, 1.54) is 32.3 Å². The topological polar surface area (TPSA) is 75.6 Å². The number of hydrogen-bond donors (Lipinski definition) is 2. The van der Waals surface area contributed by atoms with Crippen LogP contribution in [0.1, 0.15) is 18.9 Å². The average Bonchev–Trinajstić information content (AvgIpc) is 2.27.